The maximum Gasteiger partial charge on any atom is 0.271 e. The molecule has 0 radical (unpaired) electrons. The first kappa shape index (κ1) is 17.3. The average Bonchev–Trinajstić information content (AvgIpc) is 2.50. The fraction of sp³-hybridized carbons (Fsp3) is 0.176. The van der Waals surface area contributed by atoms with Crippen molar-refractivity contribution in [2.45, 2.75) is 20.0 Å². The Bertz CT molecular complexity index is 693. The molecule has 0 aliphatic carbocycles. The van der Waals surface area contributed by atoms with Gasteiger partial charge in [0.15, 0.2) is 0 Å². The highest BCUT2D eigenvalue weighted by atomic mass is 35.5. The molecule has 0 aliphatic heterocycles. The molecular formula is C17H16Cl2N2O2. The smallest absolute Gasteiger partial charge is 0.271 e. The van der Waals surface area contributed by atoms with E-state index in [-0.39, 0.29) is 12.0 Å². The summed E-state index contributed by atoms with van der Waals surface area (Å²) >= 11 is 12.0. The first-order chi connectivity index (χ1) is 11.0. The summed E-state index contributed by atoms with van der Waals surface area (Å²) in [5.41, 5.74) is 3.46. The van der Waals surface area contributed by atoms with Gasteiger partial charge in [0.1, 0.15) is 5.75 Å². The highest BCUT2D eigenvalue weighted by molar-refractivity contribution is 6.38. The first-order valence-electron chi connectivity index (χ1n) is 7.01. The average molecular weight is 351 g/mol. The number of rotatable bonds is 5. The molecule has 1 amide bonds. The highest BCUT2D eigenvalue weighted by Crippen LogP contribution is 2.22. The van der Waals surface area contributed by atoms with Crippen LogP contribution in [-0.4, -0.2) is 18.2 Å². The summed E-state index contributed by atoms with van der Waals surface area (Å²) in [6.45, 7) is 3.88. The van der Waals surface area contributed by atoms with Crippen molar-refractivity contribution < 1.29 is 9.53 Å². The van der Waals surface area contributed by atoms with Crippen molar-refractivity contribution in [3.05, 3.63) is 63.6 Å². The van der Waals surface area contributed by atoms with Gasteiger partial charge < -0.3 is 4.74 Å². The molecular weight excluding hydrogens is 335 g/mol. The van der Waals surface area contributed by atoms with Gasteiger partial charge in [-0.05, 0) is 50.2 Å². The van der Waals surface area contributed by atoms with E-state index in [0.717, 1.165) is 0 Å². The fourth-order valence-electron chi connectivity index (χ4n) is 1.81. The number of hydrogen-bond acceptors (Lipinski definition) is 3. The predicted molar refractivity (Wildman–Crippen MR) is 93.7 cm³/mol. The summed E-state index contributed by atoms with van der Waals surface area (Å²) < 4.78 is 5.52. The number of hydrogen-bond donors (Lipinski definition) is 1. The number of nitrogens with zero attached hydrogens (tertiary/aromatic N) is 1. The molecule has 0 spiro atoms. The molecule has 0 heterocycles. The molecule has 1 N–H and O–H groups in total. The van der Waals surface area contributed by atoms with Gasteiger partial charge in [0, 0.05) is 11.1 Å². The lowest BCUT2D eigenvalue weighted by atomic mass is 10.2. The summed E-state index contributed by atoms with van der Waals surface area (Å²) in [6.07, 6.45) is 1.50. The molecule has 0 atom stereocenters. The zero-order valence-corrected chi connectivity index (χ0v) is 14.2. The van der Waals surface area contributed by atoms with E-state index in [9.17, 15) is 4.79 Å². The Labute approximate surface area is 145 Å². The quantitative estimate of drug-likeness (QED) is 0.635. The zero-order valence-electron chi connectivity index (χ0n) is 12.7. The molecule has 4 nitrogen and oxygen atoms in total. The Hall–Kier alpha value is -2.04. The second-order valence-electron chi connectivity index (χ2n) is 5.03. The minimum absolute atomic E-state index is 0.0830. The lowest BCUT2D eigenvalue weighted by Crippen LogP contribution is -2.17. The van der Waals surface area contributed by atoms with Crippen molar-refractivity contribution >= 4 is 35.3 Å². The molecule has 2 aromatic carbocycles. The van der Waals surface area contributed by atoms with Gasteiger partial charge in [-0.25, -0.2) is 5.43 Å². The Kier molecular flexibility index (Phi) is 6.02. The minimum atomic E-state index is -0.333. The van der Waals surface area contributed by atoms with Crippen molar-refractivity contribution in [3.63, 3.8) is 0 Å². The standard InChI is InChI=1S/C17H16Cl2N2O2/c1-11(2)23-13-8-6-12(7-9-13)17(22)21-20-10-14-15(18)4-3-5-16(14)19/h3-11H,1-2H3,(H,21,22)/b20-10-. The third-order valence-corrected chi connectivity index (χ3v) is 3.51. The number of amides is 1. The number of benzene rings is 2. The second kappa shape index (κ2) is 7.99. The van der Waals surface area contributed by atoms with Gasteiger partial charge in [-0.1, -0.05) is 29.3 Å². The summed E-state index contributed by atoms with van der Waals surface area (Å²) in [5, 5.41) is 4.81. The number of ether oxygens (including phenoxy) is 1. The van der Waals surface area contributed by atoms with Gasteiger partial charge in [0.25, 0.3) is 5.91 Å². The Morgan fingerprint density at radius 2 is 1.74 bits per heavy atom. The van der Waals surface area contributed by atoms with Crippen LogP contribution in [0, 0.1) is 0 Å². The van der Waals surface area contributed by atoms with Gasteiger partial charge in [0.2, 0.25) is 0 Å². The number of halogens is 2. The van der Waals surface area contributed by atoms with Crippen molar-refractivity contribution in [2.75, 3.05) is 0 Å². The van der Waals surface area contributed by atoms with Crippen LogP contribution in [0.5, 0.6) is 5.75 Å². The maximum absolute atomic E-state index is 12.0. The number of nitrogens with one attached hydrogen (secondary N) is 1. The largest absolute Gasteiger partial charge is 0.491 e. The molecule has 0 aliphatic rings. The van der Waals surface area contributed by atoms with Gasteiger partial charge in [-0.15, -0.1) is 0 Å². The van der Waals surface area contributed by atoms with E-state index in [2.05, 4.69) is 10.5 Å². The summed E-state index contributed by atoms with van der Waals surface area (Å²) in [5.74, 6) is 0.378. The molecule has 0 unspecified atom stereocenters. The van der Waals surface area contributed by atoms with Crippen LogP contribution in [-0.2, 0) is 0 Å². The van der Waals surface area contributed by atoms with Crippen LogP contribution in [0.4, 0.5) is 0 Å². The van der Waals surface area contributed by atoms with E-state index in [1.807, 2.05) is 13.8 Å². The Balaban J connectivity index is 2.00. The van der Waals surface area contributed by atoms with Gasteiger partial charge in [-0.3, -0.25) is 4.79 Å². The first-order valence-corrected chi connectivity index (χ1v) is 7.77. The van der Waals surface area contributed by atoms with E-state index in [1.165, 1.54) is 6.21 Å². The molecule has 0 bridgehead atoms. The van der Waals surface area contributed by atoms with E-state index >= 15 is 0 Å². The molecule has 120 valence electrons. The van der Waals surface area contributed by atoms with Crippen molar-refractivity contribution in [2.24, 2.45) is 5.10 Å². The Morgan fingerprint density at radius 3 is 2.30 bits per heavy atom. The molecule has 2 rings (SSSR count). The molecule has 0 saturated heterocycles. The van der Waals surface area contributed by atoms with E-state index in [1.54, 1.807) is 42.5 Å². The van der Waals surface area contributed by atoms with Crippen LogP contribution in [0.3, 0.4) is 0 Å². The third kappa shape index (κ3) is 4.98. The summed E-state index contributed by atoms with van der Waals surface area (Å²) in [4.78, 5) is 12.0. The van der Waals surface area contributed by atoms with Crippen LogP contribution >= 0.6 is 23.2 Å². The molecule has 2 aromatic rings. The zero-order chi connectivity index (χ0) is 16.8. The van der Waals surface area contributed by atoms with Crippen molar-refractivity contribution in [3.8, 4) is 5.75 Å². The van der Waals surface area contributed by atoms with Gasteiger partial charge in [0.05, 0.1) is 22.4 Å². The Morgan fingerprint density at radius 1 is 1.13 bits per heavy atom. The van der Waals surface area contributed by atoms with Crippen LogP contribution < -0.4 is 10.2 Å². The predicted octanol–water partition coefficient (Wildman–Crippen LogP) is 4.54. The lowest BCUT2D eigenvalue weighted by molar-refractivity contribution is 0.0955. The fourth-order valence-corrected chi connectivity index (χ4v) is 2.31. The number of carbonyl (C=O) groups excluding carboxylic acids is 1. The normalized spacial score (nSPS) is 11.0. The lowest BCUT2D eigenvalue weighted by Gasteiger charge is -2.09. The molecule has 6 heteroatoms. The molecule has 0 fully saturated rings. The van der Waals surface area contributed by atoms with E-state index in [0.29, 0.717) is 26.9 Å². The van der Waals surface area contributed by atoms with Crippen LogP contribution in [0.1, 0.15) is 29.8 Å². The van der Waals surface area contributed by atoms with Crippen LogP contribution in [0.25, 0.3) is 0 Å². The summed E-state index contributed by atoms with van der Waals surface area (Å²) in [7, 11) is 0. The number of carbonyl (C=O) groups is 1. The van der Waals surface area contributed by atoms with Crippen LogP contribution in [0.15, 0.2) is 47.6 Å². The maximum atomic E-state index is 12.0. The minimum Gasteiger partial charge on any atom is -0.491 e. The van der Waals surface area contributed by atoms with Gasteiger partial charge in [-0.2, -0.15) is 5.10 Å². The van der Waals surface area contributed by atoms with Crippen molar-refractivity contribution in [1.82, 2.24) is 5.43 Å². The molecule has 0 saturated carbocycles. The summed E-state index contributed by atoms with van der Waals surface area (Å²) in [6, 6.07) is 12.0. The van der Waals surface area contributed by atoms with E-state index in [4.69, 9.17) is 27.9 Å². The topological polar surface area (TPSA) is 50.7 Å². The van der Waals surface area contributed by atoms with Crippen LogP contribution in [0.2, 0.25) is 10.0 Å². The monoisotopic (exact) mass is 350 g/mol. The number of hydrazone groups is 1. The van der Waals surface area contributed by atoms with Gasteiger partial charge >= 0.3 is 0 Å². The third-order valence-electron chi connectivity index (χ3n) is 2.85. The highest BCUT2D eigenvalue weighted by Gasteiger charge is 2.06. The SMILES string of the molecule is CC(C)Oc1ccc(C(=O)N/N=C\c2c(Cl)cccc2Cl)cc1. The second-order valence-corrected chi connectivity index (χ2v) is 5.84. The molecule has 0 aromatic heterocycles. The molecule has 23 heavy (non-hydrogen) atoms. The van der Waals surface area contributed by atoms with E-state index < -0.39 is 0 Å². The van der Waals surface area contributed by atoms with Crippen molar-refractivity contribution in [1.29, 1.82) is 0 Å².